The number of carboxylic acid groups (broad SMARTS) is 1. The number of nitriles is 1. The van der Waals surface area contributed by atoms with Crippen molar-refractivity contribution in [3.63, 3.8) is 0 Å². The lowest BCUT2D eigenvalue weighted by Crippen LogP contribution is -2.23. The highest BCUT2D eigenvalue weighted by atomic mass is 16.5. The lowest BCUT2D eigenvalue weighted by molar-refractivity contribution is -0.516. The summed E-state index contributed by atoms with van der Waals surface area (Å²) >= 11 is 0. The molecule has 9 nitrogen and oxygen atoms in total. The lowest BCUT2D eigenvalue weighted by atomic mass is 10.2. The molecule has 0 aliphatic carbocycles. The second kappa shape index (κ2) is 10.7. The first-order chi connectivity index (χ1) is 13.1. The minimum atomic E-state index is -0.867. The Morgan fingerprint density at radius 2 is 2.26 bits per heavy atom. The molecule has 0 saturated carbocycles. The van der Waals surface area contributed by atoms with Crippen molar-refractivity contribution in [3.05, 3.63) is 35.8 Å². The molecular formula is C18H22N3O6+. The van der Waals surface area contributed by atoms with E-state index in [4.69, 9.17) is 14.6 Å². The topological polar surface area (TPSA) is 112 Å². The Kier molecular flexibility index (Phi) is 7.91. The summed E-state index contributed by atoms with van der Waals surface area (Å²) in [6.07, 6.45) is 6.61. The summed E-state index contributed by atoms with van der Waals surface area (Å²) in [6.45, 7) is 3.86. The van der Waals surface area contributed by atoms with E-state index in [1.807, 2.05) is 9.48 Å². The van der Waals surface area contributed by atoms with Gasteiger partial charge in [-0.05, 0) is 18.2 Å². The minimum Gasteiger partial charge on any atom is -0.481 e. The number of hydrogen-bond donors (Lipinski definition) is 1. The van der Waals surface area contributed by atoms with Gasteiger partial charge in [0.15, 0.2) is 25.6 Å². The molecule has 0 amide bonds. The molecule has 2 aliphatic heterocycles. The van der Waals surface area contributed by atoms with Gasteiger partial charge in [0, 0.05) is 0 Å². The Bertz CT molecular complexity index is 717. The zero-order valence-electron chi connectivity index (χ0n) is 14.9. The first-order valence-corrected chi connectivity index (χ1v) is 8.53. The molecule has 2 heterocycles. The van der Waals surface area contributed by atoms with Crippen LogP contribution < -0.4 is 0 Å². The number of ether oxygens (including phenoxy) is 3. The largest absolute Gasteiger partial charge is 0.481 e. The van der Waals surface area contributed by atoms with Crippen molar-refractivity contribution in [3.8, 4) is 6.07 Å². The minimum absolute atomic E-state index is 0.0226. The van der Waals surface area contributed by atoms with Crippen molar-refractivity contribution in [1.29, 1.82) is 5.26 Å². The number of carbonyl (C=O) groups is 2. The Morgan fingerprint density at radius 3 is 3.00 bits per heavy atom. The van der Waals surface area contributed by atoms with E-state index < -0.39 is 5.97 Å². The average molecular weight is 376 g/mol. The molecule has 27 heavy (non-hydrogen) atoms. The number of nitrogens with zero attached hydrogens (tertiary/aromatic N) is 3. The van der Waals surface area contributed by atoms with Gasteiger partial charge in [-0.15, -0.1) is 0 Å². The number of hydrogen-bond acceptors (Lipinski definition) is 7. The Hall–Kier alpha value is -3.28. The standard InChI is InChI=1S/C18H21N3O6/c19-13-15(1-3-16-20(8-11-26-16)6-5-18(23)24)2-4-17-21(9-12-27-17)7-10-25-14-22/h1-4,14H,5-12H2/p+1. The predicted octanol–water partition coefficient (Wildman–Crippen LogP) is 0.255. The molecule has 0 bridgehead atoms. The average Bonchev–Trinajstić information content (AvgIpc) is 3.29. The van der Waals surface area contributed by atoms with Crippen LogP contribution in [0.3, 0.4) is 0 Å². The molecule has 144 valence electrons. The van der Waals surface area contributed by atoms with Gasteiger partial charge < -0.3 is 24.2 Å². The predicted molar refractivity (Wildman–Crippen MR) is 93.7 cm³/mol. The molecule has 1 saturated heterocycles. The summed E-state index contributed by atoms with van der Waals surface area (Å²) < 4.78 is 17.5. The van der Waals surface area contributed by atoms with E-state index in [9.17, 15) is 14.9 Å². The van der Waals surface area contributed by atoms with Crippen molar-refractivity contribution in [2.24, 2.45) is 0 Å². The molecule has 0 aromatic rings. The number of rotatable bonds is 10. The van der Waals surface area contributed by atoms with Crippen molar-refractivity contribution in [1.82, 2.24) is 4.90 Å². The fourth-order valence-corrected chi connectivity index (χ4v) is 2.57. The van der Waals surface area contributed by atoms with E-state index in [0.717, 1.165) is 0 Å². The highest BCUT2D eigenvalue weighted by Gasteiger charge is 2.22. The molecule has 9 heteroatoms. The maximum absolute atomic E-state index is 10.7. The monoisotopic (exact) mass is 376 g/mol. The van der Waals surface area contributed by atoms with Crippen LogP contribution >= 0.6 is 0 Å². The molecule has 0 radical (unpaired) electrons. The van der Waals surface area contributed by atoms with Crippen LogP contribution in [0.5, 0.6) is 0 Å². The zero-order valence-corrected chi connectivity index (χ0v) is 14.9. The summed E-state index contributed by atoms with van der Waals surface area (Å²) in [5.74, 6) is 0.294. The summed E-state index contributed by atoms with van der Waals surface area (Å²) in [6, 6.07) is 2.09. The second-order valence-electron chi connectivity index (χ2n) is 5.69. The fourth-order valence-electron chi connectivity index (χ4n) is 2.57. The SMILES string of the molecule is N#CC(=C\C=C1/OCCN1CCOC=O)/C=C/C1=[N+](CCC(=O)O)CCO1. The van der Waals surface area contributed by atoms with Crippen LogP contribution in [-0.4, -0.2) is 78.9 Å². The molecular weight excluding hydrogens is 354 g/mol. The maximum atomic E-state index is 10.7. The lowest BCUT2D eigenvalue weighted by Gasteiger charge is -2.15. The quantitative estimate of drug-likeness (QED) is 0.190. The fraction of sp³-hybridized carbons (Fsp3) is 0.444. The van der Waals surface area contributed by atoms with Gasteiger partial charge in [-0.3, -0.25) is 9.59 Å². The van der Waals surface area contributed by atoms with Gasteiger partial charge in [0.1, 0.15) is 19.6 Å². The molecule has 0 unspecified atom stereocenters. The van der Waals surface area contributed by atoms with Gasteiger partial charge >= 0.3 is 11.9 Å². The van der Waals surface area contributed by atoms with Gasteiger partial charge in [-0.2, -0.15) is 9.84 Å². The number of carboxylic acids is 1. The molecule has 0 aromatic carbocycles. The molecule has 0 atom stereocenters. The van der Waals surface area contributed by atoms with Crippen LogP contribution in [0.25, 0.3) is 0 Å². The van der Waals surface area contributed by atoms with E-state index in [1.54, 1.807) is 24.3 Å². The van der Waals surface area contributed by atoms with Crippen LogP contribution in [0.2, 0.25) is 0 Å². The molecule has 2 aliphatic rings. The summed E-state index contributed by atoms with van der Waals surface area (Å²) in [7, 11) is 0. The van der Waals surface area contributed by atoms with Gasteiger partial charge in [-0.1, -0.05) is 0 Å². The van der Waals surface area contributed by atoms with Gasteiger partial charge in [0.2, 0.25) is 0 Å². The van der Waals surface area contributed by atoms with Crippen LogP contribution in [0, 0.1) is 11.3 Å². The number of aliphatic carboxylic acids is 1. The molecule has 0 aromatic heterocycles. The normalized spacial score (nSPS) is 18.6. The Labute approximate surface area is 157 Å². The highest BCUT2D eigenvalue weighted by Crippen LogP contribution is 2.14. The first kappa shape index (κ1) is 20.0. The molecule has 2 rings (SSSR count). The first-order valence-electron chi connectivity index (χ1n) is 8.53. The van der Waals surface area contributed by atoms with Gasteiger partial charge in [-0.25, -0.2) is 0 Å². The second-order valence-corrected chi connectivity index (χ2v) is 5.69. The maximum Gasteiger partial charge on any atom is 0.362 e. The van der Waals surface area contributed by atoms with Gasteiger partial charge in [0.25, 0.3) is 6.47 Å². The third-order valence-corrected chi connectivity index (χ3v) is 3.93. The van der Waals surface area contributed by atoms with E-state index in [0.29, 0.717) is 63.2 Å². The van der Waals surface area contributed by atoms with E-state index in [1.165, 1.54) is 0 Å². The van der Waals surface area contributed by atoms with Crippen LogP contribution in [0.4, 0.5) is 0 Å². The zero-order chi connectivity index (χ0) is 19.5. The smallest absolute Gasteiger partial charge is 0.362 e. The summed E-state index contributed by atoms with van der Waals surface area (Å²) in [5.41, 5.74) is 0.392. The third kappa shape index (κ3) is 6.51. The summed E-state index contributed by atoms with van der Waals surface area (Å²) in [5, 5.41) is 18.1. The Balaban J connectivity index is 2.02. The van der Waals surface area contributed by atoms with E-state index in [2.05, 4.69) is 10.8 Å². The van der Waals surface area contributed by atoms with Crippen LogP contribution in [0.15, 0.2) is 35.8 Å². The third-order valence-electron chi connectivity index (χ3n) is 3.93. The summed E-state index contributed by atoms with van der Waals surface area (Å²) in [4.78, 5) is 22.8. The number of allylic oxidation sites excluding steroid dienone is 4. The van der Waals surface area contributed by atoms with Crippen LogP contribution in [-0.2, 0) is 23.8 Å². The van der Waals surface area contributed by atoms with Gasteiger partial charge in [0.05, 0.1) is 30.8 Å². The van der Waals surface area contributed by atoms with Crippen molar-refractivity contribution < 1.29 is 33.5 Å². The van der Waals surface area contributed by atoms with E-state index >= 15 is 0 Å². The van der Waals surface area contributed by atoms with E-state index in [-0.39, 0.29) is 13.0 Å². The molecule has 1 N–H and O–H groups in total. The Morgan fingerprint density at radius 1 is 1.41 bits per heavy atom. The van der Waals surface area contributed by atoms with Crippen molar-refractivity contribution in [2.75, 3.05) is 46.0 Å². The molecule has 0 spiro atoms. The highest BCUT2D eigenvalue weighted by molar-refractivity contribution is 5.84. The van der Waals surface area contributed by atoms with Crippen molar-refractivity contribution in [2.45, 2.75) is 6.42 Å². The molecule has 1 fully saturated rings. The van der Waals surface area contributed by atoms with Crippen molar-refractivity contribution >= 4 is 18.3 Å². The number of carbonyl (C=O) groups excluding carboxylic acids is 1. The van der Waals surface area contributed by atoms with Crippen LogP contribution in [0.1, 0.15) is 6.42 Å².